The van der Waals surface area contributed by atoms with Gasteiger partial charge >= 0.3 is 6.09 Å². The molecule has 0 spiro atoms. The van der Waals surface area contributed by atoms with Gasteiger partial charge in [-0.1, -0.05) is 66.7 Å². The van der Waals surface area contributed by atoms with Crippen LogP contribution in [0.1, 0.15) is 32.6 Å². The first-order valence-corrected chi connectivity index (χ1v) is 14.0. The number of hydrogen-bond acceptors (Lipinski definition) is 4. The molecule has 0 saturated carbocycles. The summed E-state index contributed by atoms with van der Waals surface area (Å²) < 4.78 is 43.1. The molecule has 9 heteroatoms. The lowest BCUT2D eigenvalue weighted by atomic mass is 10.0. The fraction of sp³-hybridized carbons (Fsp3) is 0.161. The van der Waals surface area contributed by atoms with Crippen molar-refractivity contribution in [1.29, 1.82) is 0 Å². The summed E-state index contributed by atoms with van der Waals surface area (Å²) in [6.07, 6.45) is -1.41. The van der Waals surface area contributed by atoms with E-state index in [0.29, 0.717) is 11.1 Å². The molecule has 40 heavy (non-hydrogen) atoms. The molecule has 0 aromatic heterocycles. The number of halogens is 1. The number of carbonyl (C=O) groups excluding carboxylic acids is 1. The van der Waals surface area contributed by atoms with Gasteiger partial charge < -0.3 is 5.11 Å². The highest BCUT2D eigenvalue weighted by atomic mass is 32.2. The van der Waals surface area contributed by atoms with E-state index >= 15 is 0 Å². The number of rotatable bonds is 10. The summed E-state index contributed by atoms with van der Waals surface area (Å²) in [5, 5.41) is 9.67. The third-order valence-corrected chi connectivity index (χ3v) is 8.33. The number of hydrogen-bond donors (Lipinski definition) is 1. The van der Waals surface area contributed by atoms with E-state index in [2.05, 4.69) is 0 Å². The van der Waals surface area contributed by atoms with E-state index < -0.39 is 34.3 Å². The number of carbonyl (C=O) groups is 2. The van der Waals surface area contributed by atoms with Crippen LogP contribution in [0.3, 0.4) is 0 Å². The van der Waals surface area contributed by atoms with Gasteiger partial charge in [0.05, 0.1) is 17.1 Å². The summed E-state index contributed by atoms with van der Waals surface area (Å²) in [5.74, 6) is -1.13. The summed E-state index contributed by atoms with van der Waals surface area (Å²) in [4.78, 5) is 25.8. The number of sulfonamides is 1. The van der Waals surface area contributed by atoms with Crippen LogP contribution in [-0.2, 0) is 23.1 Å². The molecule has 0 saturated heterocycles. The minimum atomic E-state index is -3.97. The molecule has 0 fully saturated rings. The van der Waals surface area contributed by atoms with E-state index in [1.807, 2.05) is 60.7 Å². The van der Waals surface area contributed by atoms with Crippen molar-refractivity contribution in [2.45, 2.75) is 31.8 Å². The third kappa shape index (κ3) is 6.62. The topological polar surface area (TPSA) is 95.0 Å². The fourth-order valence-corrected chi connectivity index (χ4v) is 5.81. The van der Waals surface area contributed by atoms with Crippen LogP contribution >= 0.6 is 0 Å². The van der Waals surface area contributed by atoms with Gasteiger partial charge in [-0.15, -0.1) is 0 Å². The normalized spacial score (nSPS) is 11.4. The molecule has 1 amide bonds. The molecular weight excluding hydrogens is 531 g/mol. The highest BCUT2D eigenvalue weighted by Crippen LogP contribution is 2.25. The number of amides is 1. The molecule has 0 unspecified atom stereocenters. The van der Waals surface area contributed by atoms with Crippen LogP contribution < -0.4 is 4.90 Å². The second-order valence-corrected chi connectivity index (χ2v) is 11.4. The van der Waals surface area contributed by atoms with Crippen molar-refractivity contribution >= 4 is 27.6 Å². The Hall–Kier alpha value is -4.34. The van der Waals surface area contributed by atoms with Gasteiger partial charge in [0.1, 0.15) is 5.82 Å². The van der Waals surface area contributed by atoms with Gasteiger partial charge in [-0.25, -0.2) is 17.6 Å². The van der Waals surface area contributed by atoms with Crippen molar-refractivity contribution < 1.29 is 27.5 Å². The van der Waals surface area contributed by atoms with Gasteiger partial charge in [-0.05, 0) is 66.4 Å². The molecule has 0 radical (unpaired) electrons. The summed E-state index contributed by atoms with van der Waals surface area (Å²) in [6.45, 7) is 2.90. The first-order valence-electron chi connectivity index (χ1n) is 12.5. The lowest BCUT2D eigenvalue weighted by molar-refractivity contribution is 0.0995. The molecule has 0 aliphatic carbocycles. The van der Waals surface area contributed by atoms with Gasteiger partial charge in [0.15, 0.2) is 5.78 Å². The van der Waals surface area contributed by atoms with E-state index in [-0.39, 0.29) is 29.2 Å². The summed E-state index contributed by atoms with van der Waals surface area (Å²) in [7, 11) is -3.97. The van der Waals surface area contributed by atoms with Crippen LogP contribution in [0.25, 0.3) is 0 Å². The number of nitrogens with zero attached hydrogens (tertiary/aromatic N) is 2. The van der Waals surface area contributed by atoms with Gasteiger partial charge in [-0.2, -0.15) is 4.31 Å². The Morgan fingerprint density at radius 3 is 1.85 bits per heavy atom. The SMILES string of the molecule is Cc1ccc(N(CC(=O)c2ccc(S(=O)(=O)N(Cc3ccccc3)Cc3ccccc3)cc2C)C(=O)O)cc1F. The highest BCUT2D eigenvalue weighted by Gasteiger charge is 2.27. The number of carboxylic acid groups (broad SMARTS) is 1. The predicted molar refractivity (Wildman–Crippen MR) is 151 cm³/mol. The van der Waals surface area contributed by atoms with Crippen molar-refractivity contribution in [3.05, 3.63) is 131 Å². The zero-order valence-corrected chi connectivity index (χ0v) is 22.9. The van der Waals surface area contributed by atoms with Gasteiger partial charge in [0.25, 0.3) is 0 Å². The number of aryl methyl sites for hydroxylation is 2. The van der Waals surface area contributed by atoms with E-state index in [1.54, 1.807) is 13.8 Å². The van der Waals surface area contributed by atoms with Crippen molar-refractivity contribution in [1.82, 2.24) is 4.31 Å². The molecule has 7 nitrogen and oxygen atoms in total. The Kier molecular flexibility index (Phi) is 8.77. The Balaban J connectivity index is 1.61. The van der Waals surface area contributed by atoms with Crippen LogP contribution in [-0.4, -0.2) is 36.3 Å². The van der Waals surface area contributed by atoms with Crippen molar-refractivity contribution in [2.24, 2.45) is 0 Å². The summed E-state index contributed by atoms with van der Waals surface area (Å²) >= 11 is 0. The number of benzene rings is 4. The average molecular weight is 561 g/mol. The number of ketones is 1. The number of anilines is 1. The molecule has 0 atom stereocenters. The van der Waals surface area contributed by atoms with Crippen LogP contribution in [0.4, 0.5) is 14.9 Å². The van der Waals surface area contributed by atoms with Gasteiger partial charge in [-0.3, -0.25) is 9.69 Å². The minimum absolute atomic E-state index is 0.0177. The maximum atomic E-state index is 14.1. The lowest BCUT2D eigenvalue weighted by Gasteiger charge is -2.23. The second kappa shape index (κ2) is 12.2. The molecule has 0 heterocycles. The molecule has 0 aliphatic rings. The molecule has 4 rings (SSSR count). The average Bonchev–Trinajstić information content (AvgIpc) is 2.93. The van der Waals surface area contributed by atoms with Crippen molar-refractivity contribution in [2.75, 3.05) is 11.4 Å². The second-order valence-electron chi connectivity index (χ2n) is 9.45. The first kappa shape index (κ1) is 28.7. The van der Waals surface area contributed by atoms with Crippen molar-refractivity contribution in [3.63, 3.8) is 0 Å². The van der Waals surface area contributed by atoms with E-state index in [9.17, 15) is 27.5 Å². The third-order valence-electron chi connectivity index (χ3n) is 6.54. The molecule has 4 aromatic carbocycles. The predicted octanol–water partition coefficient (Wildman–Crippen LogP) is 6.20. The largest absolute Gasteiger partial charge is 0.465 e. The van der Waals surface area contributed by atoms with Gasteiger partial charge in [0, 0.05) is 18.7 Å². The van der Waals surface area contributed by atoms with Gasteiger partial charge in [0.2, 0.25) is 10.0 Å². The van der Waals surface area contributed by atoms with E-state index in [0.717, 1.165) is 22.1 Å². The standard InChI is InChI=1S/C31H29FN2O5S/c1-22-13-14-26(18-29(22)32)34(31(36)37)21-30(35)28-16-15-27(17-23(28)2)40(38,39)33(19-24-9-5-3-6-10-24)20-25-11-7-4-8-12-25/h3-18H,19-21H2,1-2H3,(H,36,37). The minimum Gasteiger partial charge on any atom is -0.465 e. The lowest BCUT2D eigenvalue weighted by Crippen LogP contribution is -2.35. The molecule has 4 aromatic rings. The van der Waals surface area contributed by atoms with Crippen LogP contribution in [0.5, 0.6) is 0 Å². The maximum absolute atomic E-state index is 14.1. The molecule has 0 aliphatic heterocycles. The molecule has 0 bridgehead atoms. The van der Waals surface area contributed by atoms with Crippen molar-refractivity contribution in [3.8, 4) is 0 Å². The molecular formula is C31H29FN2O5S. The van der Waals surface area contributed by atoms with E-state index in [4.69, 9.17) is 0 Å². The monoisotopic (exact) mass is 560 g/mol. The Labute approximate surface area is 233 Å². The highest BCUT2D eigenvalue weighted by molar-refractivity contribution is 7.89. The Morgan fingerprint density at radius 1 is 0.775 bits per heavy atom. The maximum Gasteiger partial charge on any atom is 0.412 e. The smallest absolute Gasteiger partial charge is 0.412 e. The Morgan fingerprint density at radius 2 is 1.35 bits per heavy atom. The van der Waals surface area contributed by atoms with E-state index in [1.165, 1.54) is 34.6 Å². The molecule has 206 valence electrons. The first-order chi connectivity index (χ1) is 19.1. The number of Topliss-reactive ketones (excluding diaryl/α,β-unsaturated/α-hetero) is 1. The van der Waals surface area contributed by atoms with Crippen LogP contribution in [0.2, 0.25) is 0 Å². The van der Waals surface area contributed by atoms with Crippen LogP contribution in [0.15, 0.2) is 102 Å². The fourth-order valence-electron chi connectivity index (χ4n) is 4.31. The quantitative estimate of drug-likeness (QED) is 0.233. The zero-order valence-electron chi connectivity index (χ0n) is 22.1. The Bertz CT molecular complexity index is 1590. The van der Waals surface area contributed by atoms with Crippen LogP contribution in [0, 0.1) is 19.7 Å². The zero-order chi connectivity index (χ0) is 28.9. The summed E-state index contributed by atoms with van der Waals surface area (Å²) in [6, 6.07) is 26.6. The summed E-state index contributed by atoms with van der Waals surface area (Å²) in [5.41, 5.74) is 2.58. The molecule has 1 N–H and O–H groups in total.